The predicted molar refractivity (Wildman–Crippen MR) is 116 cm³/mol. The molecule has 0 spiro atoms. The highest BCUT2D eigenvalue weighted by Crippen LogP contribution is 2.28. The molecule has 0 atom stereocenters. The second-order valence-electron chi connectivity index (χ2n) is 6.68. The monoisotopic (exact) mass is 442 g/mol. The Balaban J connectivity index is 1.90. The summed E-state index contributed by atoms with van der Waals surface area (Å²) in [7, 11) is 2.98. The summed E-state index contributed by atoms with van der Waals surface area (Å²) in [4.78, 5) is 34.3. The van der Waals surface area contributed by atoms with E-state index in [1.54, 1.807) is 31.3 Å². The lowest BCUT2D eigenvalue weighted by atomic mass is 10.2. The normalized spacial score (nSPS) is 11.2. The van der Waals surface area contributed by atoms with E-state index in [1.165, 1.54) is 35.5 Å². The van der Waals surface area contributed by atoms with E-state index < -0.39 is 11.2 Å². The first-order valence-electron chi connectivity index (χ1n) is 8.96. The zero-order chi connectivity index (χ0) is 21.4. The number of halogens is 2. The van der Waals surface area contributed by atoms with Crippen molar-refractivity contribution in [2.75, 3.05) is 0 Å². The van der Waals surface area contributed by atoms with Gasteiger partial charge in [-0.2, -0.15) is 0 Å². The van der Waals surface area contributed by atoms with Crippen LogP contribution in [0.3, 0.4) is 0 Å². The molecule has 0 aliphatic carbocycles. The third-order valence-corrected chi connectivity index (χ3v) is 5.96. The maximum Gasteiger partial charge on any atom is 0.332 e. The van der Waals surface area contributed by atoms with Crippen LogP contribution in [0, 0.1) is 5.82 Å². The minimum absolute atomic E-state index is 0.232. The van der Waals surface area contributed by atoms with Gasteiger partial charge in [-0.1, -0.05) is 23.7 Å². The quantitative estimate of drug-likeness (QED) is 0.355. The summed E-state index contributed by atoms with van der Waals surface area (Å²) in [6, 6.07) is 13.1. The van der Waals surface area contributed by atoms with Gasteiger partial charge in [0.05, 0.1) is 0 Å². The molecule has 0 radical (unpaired) electrons. The summed E-state index contributed by atoms with van der Waals surface area (Å²) in [6.45, 7) is 0. The van der Waals surface area contributed by atoms with E-state index >= 15 is 0 Å². The first kappa shape index (κ1) is 20.3. The van der Waals surface area contributed by atoms with Crippen LogP contribution in [0.25, 0.3) is 22.4 Å². The average Bonchev–Trinajstić information content (AvgIpc) is 2.75. The highest BCUT2D eigenvalue weighted by molar-refractivity contribution is 7.98. The number of nitrogens with zero attached hydrogens (tertiary/aromatic N) is 4. The van der Waals surface area contributed by atoms with E-state index in [-0.39, 0.29) is 16.9 Å². The number of benzene rings is 2. The molecule has 0 N–H and O–H groups in total. The molecule has 0 bridgehead atoms. The lowest BCUT2D eigenvalue weighted by Gasteiger charge is -2.12. The molecule has 2 aromatic carbocycles. The van der Waals surface area contributed by atoms with E-state index in [2.05, 4.69) is 9.97 Å². The van der Waals surface area contributed by atoms with Crippen molar-refractivity contribution < 1.29 is 4.39 Å². The zero-order valence-electron chi connectivity index (χ0n) is 16.1. The fourth-order valence-electron chi connectivity index (χ4n) is 2.99. The molecule has 2 heterocycles. The molecular weight excluding hydrogens is 427 g/mol. The SMILES string of the molecule is Cn1c(=O)c2c(SCc3ccc(Cl)cc3)nc(-c3ccc(F)cc3)nc2n(C)c1=O. The number of rotatable bonds is 4. The van der Waals surface area contributed by atoms with Crippen molar-refractivity contribution in [1.29, 1.82) is 0 Å². The lowest BCUT2D eigenvalue weighted by molar-refractivity contribution is 0.628. The van der Waals surface area contributed by atoms with Gasteiger partial charge in [0.25, 0.3) is 5.56 Å². The van der Waals surface area contributed by atoms with Gasteiger partial charge < -0.3 is 0 Å². The molecule has 6 nitrogen and oxygen atoms in total. The fourth-order valence-corrected chi connectivity index (χ4v) is 4.09. The summed E-state index contributed by atoms with van der Waals surface area (Å²) in [5.41, 5.74) is 0.874. The first-order valence-corrected chi connectivity index (χ1v) is 10.3. The Morgan fingerprint density at radius 1 is 0.967 bits per heavy atom. The predicted octanol–water partition coefficient (Wildman–Crippen LogP) is 3.78. The summed E-state index contributed by atoms with van der Waals surface area (Å²) in [6.07, 6.45) is 0. The second-order valence-corrected chi connectivity index (χ2v) is 8.08. The van der Waals surface area contributed by atoms with Gasteiger partial charge in [0.1, 0.15) is 16.2 Å². The Bertz CT molecular complexity index is 1370. The van der Waals surface area contributed by atoms with Crippen molar-refractivity contribution in [2.24, 2.45) is 14.1 Å². The van der Waals surface area contributed by atoms with Crippen molar-refractivity contribution in [1.82, 2.24) is 19.1 Å². The summed E-state index contributed by atoms with van der Waals surface area (Å²) in [5.74, 6) is 0.473. The van der Waals surface area contributed by atoms with Crippen molar-refractivity contribution in [3.63, 3.8) is 0 Å². The Morgan fingerprint density at radius 3 is 2.30 bits per heavy atom. The molecular formula is C21H16ClFN4O2S. The molecule has 0 aliphatic rings. The van der Waals surface area contributed by atoms with Crippen LogP contribution in [0.1, 0.15) is 5.56 Å². The Kier molecular flexibility index (Phi) is 5.44. The number of thioether (sulfide) groups is 1. The fraction of sp³-hybridized carbons (Fsp3) is 0.143. The van der Waals surface area contributed by atoms with Gasteiger partial charge in [-0.25, -0.2) is 19.2 Å². The van der Waals surface area contributed by atoms with E-state index in [1.807, 2.05) is 12.1 Å². The lowest BCUT2D eigenvalue weighted by Crippen LogP contribution is -2.37. The van der Waals surface area contributed by atoms with E-state index in [4.69, 9.17) is 11.6 Å². The number of fused-ring (bicyclic) bond motifs is 1. The highest BCUT2D eigenvalue weighted by atomic mass is 35.5. The maximum absolute atomic E-state index is 13.3. The first-order chi connectivity index (χ1) is 14.3. The van der Waals surface area contributed by atoms with Crippen LogP contribution < -0.4 is 11.2 Å². The third kappa shape index (κ3) is 3.76. The molecule has 2 aromatic heterocycles. The molecule has 4 aromatic rings. The Morgan fingerprint density at radius 2 is 1.63 bits per heavy atom. The molecule has 30 heavy (non-hydrogen) atoms. The van der Waals surface area contributed by atoms with Crippen LogP contribution in [-0.2, 0) is 19.8 Å². The van der Waals surface area contributed by atoms with Crippen LogP contribution in [-0.4, -0.2) is 19.1 Å². The number of aromatic nitrogens is 4. The minimum atomic E-state index is -0.482. The number of hydrogen-bond donors (Lipinski definition) is 0. The maximum atomic E-state index is 13.3. The second kappa shape index (κ2) is 8.04. The van der Waals surface area contributed by atoms with Gasteiger partial charge in [0.2, 0.25) is 0 Å². The van der Waals surface area contributed by atoms with E-state index in [0.29, 0.717) is 27.2 Å². The summed E-state index contributed by atoms with van der Waals surface area (Å²) < 4.78 is 15.7. The van der Waals surface area contributed by atoms with Gasteiger partial charge in [-0.3, -0.25) is 13.9 Å². The molecule has 0 unspecified atom stereocenters. The van der Waals surface area contributed by atoms with Crippen molar-refractivity contribution in [2.45, 2.75) is 10.8 Å². The van der Waals surface area contributed by atoms with Crippen molar-refractivity contribution in [3.8, 4) is 11.4 Å². The van der Waals surface area contributed by atoms with Crippen molar-refractivity contribution >= 4 is 34.4 Å². The van der Waals surface area contributed by atoms with E-state index in [9.17, 15) is 14.0 Å². The number of aryl methyl sites for hydroxylation is 1. The zero-order valence-corrected chi connectivity index (χ0v) is 17.7. The molecule has 4 rings (SSSR count). The molecule has 0 aliphatic heterocycles. The van der Waals surface area contributed by atoms with Crippen LogP contribution in [0.2, 0.25) is 5.02 Å². The van der Waals surface area contributed by atoms with Crippen LogP contribution in [0.4, 0.5) is 4.39 Å². The minimum Gasteiger partial charge on any atom is -0.280 e. The van der Waals surface area contributed by atoms with Gasteiger partial charge in [0.15, 0.2) is 11.5 Å². The molecule has 0 saturated carbocycles. The van der Waals surface area contributed by atoms with Gasteiger partial charge >= 0.3 is 5.69 Å². The molecule has 0 amide bonds. The smallest absolute Gasteiger partial charge is 0.280 e. The molecule has 0 fully saturated rings. The third-order valence-electron chi connectivity index (χ3n) is 4.66. The average molecular weight is 443 g/mol. The van der Waals surface area contributed by atoms with Crippen LogP contribution >= 0.6 is 23.4 Å². The van der Waals surface area contributed by atoms with Gasteiger partial charge in [-0.15, -0.1) is 11.8 Å². The summed E-state index contributed by atoms with van der Waals surface area (Å²) >= 11 is 7.31. The van der Waals surface area contributed by atoms with Gasteiger partial charge in [0, 0.05) is 30.4 Å². The van der Waals surface area contributed by atoms with Crippen LogP contribution in [0.5, 0.6) is 0 Å². The summed E-state index contributed by atoms with van der Waals surface area (Å²) in [5, 5.41) is 1.36. The number of hydrogen-bond acceptors (Lipinski definition) is 5. The topological polar surface area (TPSA) is 69.8 Å². The standard InChI is InChI=1S/C21H16ClFN4O2S/c1-26-18-16(20(28)27(2)21(26)29)19(30-11-12-3-7-14(22)8-4-12)25-17(24-18)13-5-9-15(23)10-6-13/h3-10H,11H2,1-2H3. The highest BCUT2D eigenvalue weighted by Gasteiger charge is 2.18. The van der Waals surface area contributed by atoms with Gasteiger partial charge in [-0.05, 0) is 42.0 Å². The largest absolute Gasteiger partial charge is 0.332 e. The van der Waals surface area contributed by atoms with Crippen molar-refractivity contribution in [3.05, 3.63) is 85.8 Å². The molecule has 152 valence electrons. The van der Waals surface area contributed by atoms with E-state index in [0.717, 1.165) is 10.1 Å². The molecule has 9 heteroatoms. The Hall–Kier alpha value is -2.97. The Labute approximate surface area is 180 Å². The van der Waals surface area contributed by atoms with Crippen LogP contribution in [0.15, 0.2) is 63.1 Å². The molecule has 0 saturated heterocycles.